The van der Waals surface area contributed by atoms with Gasteiger partial charge in [0.15, 0.2) is 0 Å². The summed E-state index contributed by atoms with van der Waals surface area (Å²) in [6.07, 6.45) is 1.60. The van der Waals surface area contributed by atoms with Crippen LogP contribution in [0.2, 0.25) is 0 Å². The second-order valence-electron chi connectivity index (χ2n) is 3.33. The van der Waals surface area contributed by atoms with Crippen molar-refractivity contribution in [3.63, 3.8) is 0 Å². The van der Waals surface area contributed by atoms with Crippen molar-refractivity contribution in [3.05, 3.63) is 42.1 Å². The number of H-pyrrole nitrogens is 1. The zero-order valence-electron chi connectivity index (χ0n) is 7.59. The van der Waals surface area contributed by atoms with E-state index in [0.717, 1.165) is 6.07 Å². The molecule has 0 radical (unpaired) electrons. The fourth-order valence-electron chi connectivity index (χ4n) is 1.74. The molecule has 74 valence electrons. The molecule has 2 aromatic heterocycles. The minimum absolute atomic E-state index is 0.296. The van der Waals surface area contributed by atoms with Crippen molar-refractivity contribution in [1.29, 1.82) is 0 Å². The van der Waals surface area contributed by atoms with E-state index in [2.05, 4.69) is 9.97 Å². The van der Waals surface area contributed by atoms with Crippen LogP contribution in [0.3, 0.4) is 0 Å². The maximum Gasteiger partial charge on any atom is 0.150 e. The van der Waals surface area contributed by atoms with Crippen LogP contribution in [0.25, 0.3) is 21.9 Å². The van der Waals surface area contributed by atoms with Gasteiger partial charge in [-0.25, -0.2) is 8.78 Å². The van der Waals surface area contributed by atoms with E-state index < -0.39 is 11.6 Å². The highest BCUT2D eigenvalue weighted by Crippen LogP contribution is 2.25. The highest BCUT2D eigenvalue weighted by atomic mass is 19.1. The van der Waals surface area contributed by atoms with Crippen LogP contribution in [0.4, 0.5) is 8.78 Å². The summed E-state index contributed by atoms with van der Waals surface area (Å²) in [6, 6.07) is 5.66. The zero-order chi connectivity index (χ0) is 10.4. The van der Waals surface area contributed by atoms with E-state index in [9.17, 15) is 8.78 Å². The van der Waals surface area contributed by atoms with E-state index in [1.54, 1.807) is 18.3 Å². The number of nitrogens with zero attached hydrogens (tertiary/aromatic N) is 1. The molecule has 0 saturated carbocycles. The van der Waals surface area contributed by atoms with Gasteiger partial charge < -0.3 is 4.98 Å². The molecule has 2 heterocycles. The average molecular weight is 204 g/mol. The number of pyridine rings is 1. The molecule has 0 aliphatic carbocycles. The van der Waals surface area contributed by atoms with Gasteiger partial charge in [0.1, 0.15) is 11.6 Å². The largest absolute Gasteiger partial charge is 0.351 e. The number of nitrogens with one attached hydrogen (secondary N) is 1. The Labute approximate surface area is 83.6 Å². The van der Waals surface area contributed by atoms with E-state index in [-0.39, 0.29) is 0 Å². The molecule has 0 amide bonds. The normalized spacial score (nSPS) is 11.3. The SMILES string of the molecule is Fc1cc(F)c2[nH]c3cccnc3c2c1. The Morgan fingerprint density at radius 3 is 2.93 bits per heavy atom. The van der Waals surface area contributed by atoms with Gasteiger partial charge in [0, 0.05) is 17.6 Å². The zero-order valence-corrected chi connectivity index (χ0v) is 7.59. The summed E-state index contributed by atoms with van der Waals surface area (Å²) in [5.74, 6) is -1.19. The lowest BCUT2D eigenvalue weighted by Crippen LogP contribution is -1.81. The van der Waals surface area contributed by atoms with Gasteiger partial charge in [0.05, 0.1) is 16.6 Å². The summed E-state index contributed by atoms with van der Waals surface area (Å²) in [4.78, 5) is 6.96. The molecule has 15 heavy (non-hydrogen) atoms. The van der Waals surface area contributed by atoms with Gasteiger partial charge in [-0.1, -0.05) is 0 Å². The molecular formula is C11H6F2N2. The summed E-state index contributed by atoms with van der Waals surface area (Å²) in [5, 5.41) is 0.475. The topological polar surface area (TPSA) is 28.7 Å². The third-order valence-corrected chi connectivity index (χ3v) is 2.38. The Kier molecular flexibility index (Phi) is 1.54. The monoisotopic (exact) mass is 204 g/mol. The van der Waals surface area contributed by atoms with Gasteiger partial charge in [-0.05, 0) is 18.2 Å². The Bertz CT molecular complexity index is 658. The van der Waals surface area contributed by atoms with E-state index in [0.29, 0.717) is 21.9 Å². The quantitative estimate of drug-likeness (QED) is 0.599. The minimum atomic E-state index is -0.594. The Balaban J connectivity index is 2.61. The number of aromatic amines is 1. The number of aromatic nitrogens is 2. The van der Waals surface area contributed by atoms with Crippen molar-refractivity contribution in [2.45, 2.75) is 0 Å². The molecular weight excluding hydrogens is 198 g/mol. The molecule has 0 bridgehead atoms. The Hall–Kier alpha value is -1.97. The molecule has 0 saturated heterocycles. The lowest BCUT2D eigenvalue weighted by molar-refractivity contribution is 0.591. The first-order valence-corrected chi connectivity index (χ1v) is 4.47. The summed E-state index contributed by atoms with van der Waals surface area (Å²) in [5.41, 5.74) is 1.59. The fraction of sp³-hybridized carbons (Fsp3) is 0. The number of hydrogen-bond donors (Lipinski definition) is 1. The number of benzene rings is 1. The molecule has 1 aromatic carbocycles. The van der Waals surface area contributed by atoms with Crippen molar-refractivity contribution in [2.24, 2.45) is 0 Å². The highest BCUT2D eigenvalue weighted by Gasteiger charge is 2.10. The summed E-state index contributed by atoms with van der Waals surface area (Å²) in [6.45, 7) is 0. The van der Waals surface area contributed by atoms with Gasteiger partial charge in [0.25, 0.3) is 0 Å². The van der Waals surface area contributed by atoms with Gasteiger partial charge in [-0.15, -0.1) is 0 Å². The molecule has 1 N–H and O–H groups in total. The molecule has 0 aliphatic rings. The third kappa shape index (κ3) is 1.11. The van der Waals surface area contributed by atoms with Gasteiger partial charge in [-0.3, -0.25) is 4.98 Å². The lowest BCUT2D eigenvalue weighted by Gasteiger charge is -1.92. The molecule has 4 heteroatoms. The van der Waals surface area contributed by atoms with Crippen LogP contribution in [0.15, 0.2) is 30.5 Å². The maximum absolute atomic E-state index is 13.4. The van der Waals surface area contributed by atoms with Crippen LogP contribution in [0.1, 0.15) is 0 Å². The average Bonchev–Trinajstić information content (AvgIpc) is 2.57. The van der Waals surface area contributed by atoms with Crippen molar-refractivity contribution in [2.75, 3.05) is 0 Å². The third-order valence-electron chi connectivity index (χ3n) is 2.38. The smallest absolute Gasteiger partial charge is 0.150 e. The second-order valence-corrected chi connectivity index (χ2v) is 3.33. The molecule has 0 unspecified atom stereocenters. The van der Waals surface area contributed by atoms with Crippen molar-refractivity contribution in [3.8, 4) is 0 Å². The molecule has 0 atom stereocenters. The number of hydrogen-bond acceptors (Lipinski definition) is 1. The highest BCUT2D eigenvalue weighted by molar-refractivity contribution is 6.04. The summed E-state index contributed by atoms with van der Waals surface area (Å²) in [7, 11) is 0. The predicted molar refractivity (Wildman–Crippen MR) is 53.5 cm³/mol. The molecule has 0 spiro atoms. The molecule has 0 fully saturated rings. The van der Waals surface area contributed by atoms with E-state index in [4.69, 9.17) is 0 Å². The lowest BCUT2D eigenvalue weighted by atomic mass is 10.2. The first-order chi connectivity index (χ1) is 7.25. The molecule has 0 aliphatic heterocycles. The van der Waals surface area contributed by atoms with E-state index in [1.165, 1.54) is 6.07 Å². The van der Waals surface area contributed by atoms with Crippen LogP contribution >= 0.6 is 0 Å². The van der Waals surface area contributed by atoms with Crippen LogP contribution in [0, 0.1) is 11.6 Å². The number of fused-ring (bicyclic) bond motifs is 3. The molecule has 3 aromatic rings. The number of rotatable bonds is 0. The van der Waals surface area contributed by atoms with Gasteiger partial charge in [-0.2, -0.15) is 0 Å². The van der Waals surface area contributed by atoms with Gasteiger partial charge >= 0.3 is 0 Å². The second kappa shape index (κ2) is 2.76. The maximum atomic E-state index is 13.4. The standard InChI is InChI=1S/C11H6F2N2/c12-6-4-7-10(8(13)5-6)15-9-2-1-3-14-11(7)9/h1-5,15H. The fourth-order valence-corrected chi connectivity index (χ4v) is 1.74. The van der Waals surface area contributed by atoms with E-state index >= 15 is 0 Å². The minimum Gasteiger partial charge on any atom is -0.351 e. The molecule has 3 rings (SSSR count). The predicted octanol–water partition coefficient (Wildman–Crippen LogP) is 2.99. The molecule has 2 nitrogen and oxygen atoms in total. The van der Waals surface area contributed by atoms with Crippen LogP contribution < -0.4 is 0 Å². The first-order valence-electron chi connectivity index (χ1n) is 4.47. The van der Waals surface area contributed by atoms with Crippen LogP contribution in [-0.4, -0.2) is 9.97 Å². The Morgan fingerprint density at radius 1 is 1.20 bits per heavy atom. The van der Waals surface area contributed by atoms with Gasteiger partial charge in [0.2, 0.25) is 0 Å². The van der Waals surface area contributed by atoms with E-state index in [1.807, 2.05) is 0 Å². The Morgan fingerprint density at radius 2 is 2.07 bits per heavy atom. The van der Waals surface area contributed by atoms with Crippen molar-refractivity contribution >= 4 is 21.9 Å². The van der Waals surface area contributed by atoms with Crippen molar-refractivity contribution in [1.82, 2.24) is 9.97 Å². The first kappa shape index (κ1) is 8.35. The van der Waals surface area contributed by atoms with Crippen molar-refractivity contribution < 1.29 is 8.78 Å². The van der Waals surface area contributed by atoms with Crippen LogP contribution in [0.5, 0.6) is 0 Å². The van der Waals surface area contributed by atoms with Crippen LogP contribution in [-0.2, 0) is 0 Å². The summed E-state index contributed by atoms with van der Waals surface area (Å²) < 4.78 is 26.4. The number of halogens is 2. The summed E-state index contributed by atoms with van der Waals surface area (Å²) >= 11 is 0.